The normalized spacial score (nSPS) is 10.8. The first-order valence-corrected chi connectivity index (χ1v) is 4.96. The topological polar surface area (TPSA) is 61.8 Å². The van der Waals surface area contributed by atoms with Crippen molar-refractivity contribution in [1.29, 1.82) is 5.26 Å². The van der Waals surface area contributed by atoms with E-state index in [0.717, 1.165) is 12.2 Å². The number of nitrogens with zero attached hydrogens (tertiary/aromatic N) is 1. The van der Waals surface area contributed by atoms with Gasteiger partial charge in [-0.15, -0.1) is 0 Å². The van der Waals surface area contributed by atoms with E-state index in [2.05, 4.69) is 32.2 Å². The number of rotatable bonds is 2. The Balaban J connectivity index is 2.81. The number of nitrogens with one attached hydrogen (secondary N) is 1. The molecule has 0 spiro atoms. The molecular formula is C12H17N3. The maximum atomic E-state index is 8.76. The molecule has 1 aromatic rings. The second kappa shape index (κ2) is 4.22. The molecule has 0 aliphatic carbocycles. The van der Waals surface area contributed by atoms with Gasteiger partial charge in [0.05, 0.1) is 23.0 Å². The fraction of sp³-hybridized carbons (Fsp3) is 0.417. The standard InChI is InChI=1S/C12H17N3/c1-12(2,3)8-15-11-6-9(7-13)4-5-10(11)14/h4-6,15H,8,14H2,1-3H3. The van der Waals surface area contributed by atoms with E-state index in [1.165, 1.54) is 0 Å². The molecule has 0 amide bonds. The zero-order valence-electron chi connectivity index (χ0n) is 9.46. The molecule has 0 atom stereocenters. The van der Waals surface area contributed by atoms with Crippen LogP contribution in [0.4, 0.5) is 11.4 Å². The number of benzene rings is 1. The molecule has 1 rings (SSSR count). The number of hydrogen-bond donors (Lipinski definition) is 2. The first-order chi connectivity index (χ1) is 6.92. The molecule has 0 aromatic heterocycles. The van der Waals surface area contributed by atoms with Gasteiger partial charge in [0.15, 0.2) is 0 Å². The lowest BCUT2D eigenvalue weighted by atomic mass is 9.97. The number of nitriles is 1. The van der Waals surface area contributed by atoms with Crippen LogP contribution in [0.15, 0.2) is 18.2 Å². The first kappa shape index (κ1) is 11.4. The summed E-state index contributed by atoms with van der Waals surface area (Å²) in [5, 5.41) is 12.0. The molecule has 0 bridgehead atoms. The SMILES string of the molecule is CC(C)(C)CNc1cc(C#N)ccc1N. The largest absolute Gasteiger partial charge is 0.397 e. The van der Waals surface area contributed by atoms with E-state index < -0.39 is 0 Å². The number of nitrogens with two attached hydrogens (primary N) is 1. The summed E-state index contributed by atoms with van der Waals surface area (Å²) in [6.07, 6.45) is 0. The van der Waals surface area contributed by atoms with Crippen molar-refractivity contribution in [2.75, 3.05) is 17.6 Å². The van der Waals surface area contributed by atoms with Gasteiger partial charge in [0.25, 0.3) is 0 Å². The maximum Gasteiger partial charge on any atom is 0.0992 e. The summed E-state index contributed by atoms with van der Waals surface area (Å²) in [6.45, 7) is 7.26. The van der Waals surface area contributed by atoms with Gasteiger partial charge in [-0.1, -0.05) is 20.8 Å². The van der Waals surface area contributed by atoms with Gasteiger partial charge in [0.2, 0.25) is 0 Å². The minimum absolute atomic E-state index is 0.190. The lowest BCUT2D eigenvalue weighted by molar-refractivity contribution is 0.443. The van der Waals surface area contributed by atoms with Crippen LogP contribution in [0, 0.1) is 16.7 Å². The third-order valence-electron chi connectivity index (χ3n) is 1.99. The smallest absolute Gasteiger partial charge is 0.0992 e. The third-order valence-corrected chi connectivity index (χ3v) is 1.99. The summed E-state index contributed by atoms with van der Waals surface area (Å²) in [4.78, 5) is 0. The predicted octanol–water partition coefficient (Wildman–Crippen LogP) is 2.60. The number of anilines is 2. The Kier molecular flexibility index (Phi) is 3.21. The van der Waals surface area contributed by atoms with Gasteiger partial charge in [-0.05, 0) is 23.6 Å². The van der Waals surface area contributed by atoms with E-state index in [4.69, 9.17) is 11.0 Å². The summed E-state index contributed by atoms with van der Waals surface area (Å²) in [5.41, 5.74) is 8.13. The average molecular weight is 203 g/mol. The van der Waals surface area contributed by atoms with Crippen molar-refractivity contribution in [3.8, 4) is 6.07 Å². The Bertz CT molecular complexity index is 383. The molecule has 0 aliphatic rings. The van der Waals surface area contributed by atoms with E-state index in [0.29, 0.717) is 11.3 Å². The quantitative estimate of drug-likeness (QED) is 0.726. The summed E-state index contributed by atoms with van der Waals surface area (Å²) in [7, 11) is 0. The van der Waals surface area contributed by atoms with Gasteiger partial charge >= 0.3 is 0 Å². The van der Waals surface area contributed by atoms with E-state index in [1.54, 1.807) is 18.2 Å². The van der Waals surface area contributed by atoms with Gasteiger partial charge in [0.1, 0.15) is 0 Å². The molecule has 0 saturated carbocycles. The zero-order valence-corrected chi connectivity index (χ0v) is 9.46. The van der Waals surface area contributed by atoms with Crippen LogP contribution in [-0.4, -0.2) is 6.54 Å². The van der Waals surface area contributed by atoms with Crippen LogP contribution in [-0.2, 0) is 0 Å². The van der Waals surface area contributed by atoms with Gasteiger partial charge in [-0.3, -0.25) is 0 Å². The fourth-order valence-electron chi connectivity index (χ4n) is 1.14. The fourth-order valence-corrected chi connectivity index (χ4v) is 1.14. The van der Waals surface area contributed by atoms with Crippen molar-refractivity contribution in [3.05, 3.63) is 23.8 Å². The average Bonchev–Trinajstić information content (AvgIpc) is 2.15. The Morgan fingerprint density at radius 3 is 2.60 bits per heavy atom. The Labute approximate surface area is 90.9 Å². The summed E-state index contributed by atoms with van der Waals surface area (Å²) in [6, 6.07) is 7.35. The number of hydrogen-bond acceptors (Lipinski definition) is 3. The van der Waals surface area contributed by atoms with Crippen LogP contribution in [0.5, 0.6) is 0 Å². The highest BCUT2D eigenvalue weighted by molar-refractivity contribution is 5.68. The van der Waals surface area contributed by atoms with Crippen molar-refractivity contribution in [3.63, 3.8) is 0 Å². The summed E-state index contributed by atoms with van der Waals surface area (Å²) in [5.74, 6) is 0. The van der Waals surface area contributed by atoms with E-state index >= 15 is 0 Å². The van der Waals surface area contributed by atoms with Crippen molar-refractivity contribution in [2.45, 2.75) is 20.8 Å². The zero-order chi connectivity index (χ0) is 11.5. The molecule has 15 heavy (non-hydrogen) atoms. The van der Waals surface area contributed by atoms with Crippen LogP contribution < -0.4 is 11.1 Å². The molecule has 0 heterocycles. The number of nitrogen functional groups attached to an aromatic ring is 1. The van der Waals surface area contributed by atoms with Gasteiger partial charge in [-0.2, -0.15) is 5.26 Å². The molecule has 3 nitrogen and oxygen atoms in total. The lowest BCUT2D eigenvalue weighted by Crippen LogP contribution is -2.19. The molecule has 0 aliphatic heterocycles. The van der Waals surface area contributed by atoms with E-state index in [-0.39, 0.29) is 5.41 Å². The molecule has 1 aromatic carbocycles. The summed E-state index contributed by atoms with van der Waals surface area (Å²) >= 11 is 0. The van der Waals surface area contributed by atoms with Crippen LogP contribution in [0.25, 0.3) is 0 Å². The van der Waals surface area contributed by atoms with E-state index in [9.17, 15) is 0 Å². The highest BCUT2D eigenvalue weighted by atomic mass is 14.9. The second-order valence-corrected chi connectivity index (χ2v) is 4.83. The van der Waals surface area contributed by atoms with Crippen LogP contribution in [0.2, 0.25) is 0 Å². The first-order valence-electron chi connectivity index (χ1n) is 4.96. The van der Waals surface area contributed by atoms with Crippen molar-refractivity contribution in [1.82, 2.24) is 0 Å². The van der Waals surface area contributed by atoms with Crippen LogP contribution in [0.3, 0.4) is 0 Å². The molecule has 0 fully saturated rings. The maximum absolute atomic E-state index is 8.76. The monoisotopic (exact) mass is 203 g/mol. The predicted molar refractivity (Wildman–Crippen MR) is 63.5 cm³/mol. The van der Waals surface area contributed by atoms with Gasteiger partial charge in [-0.25, -0.2) is 0 Å². The molecular weight excluding hydrogens is 186 g/mol. The molecule has 3 heteroatoms. The van der Waals surface area contributed by atoms with Gasteiger partial charge in [0, 0.05) is 6.54 Å². The third kappa shape index (κ3) is 3.51. The molecule has 0 radical (unpaired) electrons. The second-order valence-electron chi connectivity index (χ2n) is 4.83. The highest BCUT2D eigenvalue weighted by Gasteiger charge is 2.10. The molecule has 3 N–H and O–H groups in total. The minimum atomic E-state index is 0.190. The van der Waals surface area contributed by atoms with Crippen molar-refractivity contribution in [2.24, 2.45) is 5.41 Å². The highest BCUT2D eigenvalue weighted by Crippen LogP contribution is 2.22. The summed E-state index contributed by atoms with van der Waals surface area (Å²) < 4.78 is 0. The molecule has 80 valence electrons. The van der Waals surface area contributed by atoms with Gasteiger partial charge < -0.3 is 11.1 Å². The van der Waals surface area contributed by atoms with Crippen molar-refractivity contribution >= 4 is 11.4 Å². The Hall–Kier alpha value is -1.69. The minimum Gasteiger partial charge on any atom is -0.397 e. The van der Waals surface area contributed by atoms with E-state index in [1.807, 2.05) is 0 Å². The Morgan fingerprint density at radius 2 is 2.07 bits per heavy atom. The Morgan fingerprint density at radius 1 is 1.40 bits per heavy atom. The van der Waals surface area contributed by atoms with Crippen LogP contribution in [0.1, 0.15) is 26.3 Å². The molecule has 0 unspecified atom stereocenters. The molecule has 0 saturated heterocycles. The lowest BCUT2D eigenvalue weighted by Gasteiger charge is -2.20. The van der Waals surface area contributed by atoms with Crippen molar-refractivity contribution < 1.29 is 0 Å². The van der Waals surface area contributed by atoms with Crippen LogP contribution >= 0.6 is 0 Å².